The molecule has 7 heteroatoms. The minimum Gasteiger partial charge on any atom is -0.468 e. The third kappa shape index (κ3) is 3.69. The van der Waals surface area contributed by atoms with Gasteiger partial charge in [-0.3, -0.25) is 9.59 Å². The van der Waals surface area contributed by atoms with E-state index in [1.807, 2.05) is 0 Å². The summed E-state index contributed by atoms with van der Waals surface area (Å²) in [6.45, 7) is -0.174. The first-order chi connectivity index (χ1) is 10.0. The number of amides is 1. The average Bonchev–Trinajstić information content (AvgIpc) is 3.00. The Kier molecular flexibility index (Phi) is 5.12. The number of methoxy groups -OCH3 is 1. The van der Waals surface area contributed by atoms with E-state index in [4.69, 9.17) is 11.6 Å². The van der Waals surface area contributed by atoms with Crippen molar-refractivity contribution in [3.8, 4) is 0 Å². The Morgan fingerprint density at radius 2 is 2.14 bits per heavy atom. The van der Waals surface area contributed by atoms with Gasteiger partial charge >= 0.3 is 5.97 Å². The summed E-state index contributed by atoms with van der Waals surface area (Å²) in [5.74, 6) is -1.66. The number of ether oxygens (including phenoxy) is 1. The Balaban J connectivity index is 2.28. The maximum absolute atomic E-state index is 13.3. The lowest BCUT2D eigenvalue weighted by molar-refractivity contribution is -0.141. The highest BCUT2D eigenvalue weighted by Crippen LogP contribution is 2.26. The third-order valence-electron chi connectivity index (χ3n) is 3.59. The monoisotopic (exact) mass is 314 g/mol. The smallest absolute Gasteiger partial charge is 0.325 e. The molecule has 114 valence electrons. The second-order valence-corrected chi connectivity index (χ2v) is 5.30. The summed E-state index contributed by atoms with van der Waals surface area (Å²) in [5, 5.41) is -0.0748. The first kappa shape index (κ1) is 15.7. The highest BCUT2D eigenvalue weighted by atomic mass is 35.5. The van der Waals surface area contributed by atoms with Crippen molar-refractivity contribution in [1.29, 1.82) is 0 Å². The van der Waals surface area contributed by atoms with E-state index < -0.39 is 17.7 Å². The van der Waals surface area contributed by atoms with Crippen LogP contribution in [0.4, 0.5) is 4.39 Å². The molecule has 0 spiro atoms. The summed E-state index contributed by atoms with van der Waals surface area (Å²) in [6.07, 6.45) is 4.54. The van der Waals surface area contributed by atoms with Gasteiger partial charge in [-0.15, -0.1) is 0 Å². The van der Waals surface area contributed by atoms with Crippen LogP contribution < -0.4 is 0 Å². The number of aromatic nitrogens is 1. The highest BCUT2D eigenvalue weighted by Gasteiger charge is 2.30. The number of carbonyl (C=O) groups is 2. The standard InChI is InChI=1S/C14H16ClFN2O3/c1-21-12(19)8-18(10-4-2-3-5-10)14(20)11-6-9(16)7-17-13(11)15/h6-7,10H,2-5,8H2,1H3. The van der Waals surface area contributed by atoms with E-state index in [-0.39, 0.29) is 23.3 Å². The van der Waals surface area contributed by atoms with Gasteiger partial charge in [-0.05, 0) is 18.9 Å². The van der Waals surface area contributed by atoms with E-state index in [1.54, 1.807) is 0 Å². The SMILES string of the molecule is COC(=O)CN(C(=O)c1cc(F)cnc1Cl)C1CCCC1. The molecule has 1 aromatic rings. The Morgan fingerprint density at radius 3 is 2.76 bits per heavy atom. The van der Waals surface area contributed by atoms with Gasteiger partial charge in [-0.1, -0.05) is 24.4 Å². The molecule has 0 saturated heterocycles. The molecule has 0 aliphatic heterocycles. The third-order valence-corrected chi connectivity index (χ3v) is 3.89. The van der Waals surface area contributed by atoms with Crippen LogP contribution in [0.1, 0.15) is 36.0 Å². The van der Waals surface area contributed by atoms with Gasteiger partial charge in [0.25, 0.3) is 5.91 Å². The first-order valence-electron chi connectivity index (χ1n) is 6.71. The van der Waals surface area contributed by atoms with Crippen LogP contribution >= 0.6 is 11.6 Å². The van der Waals surface area contributed by atoms with Gasteiger partial charge in [0, 0.05) is 6.04 Å². The van der Waals surface area contributed by atoms with Crippen LogP contribution in [0.25, 0.3) is 0 Å². The molecule has 0 unspecified atom stereocenters. The summed E-state index contributed by atoms with van der Waals surface area (Å²) in [6, 6.07) is 0.979. The average molecular weight is 315 g/mol. The fourth-order valence-corrected chi connectivity index (χ4v) is 2.70. The number of hydrogen-bond donors (Lipinski definition) is 0. The van der Waals surface area contributed by atoms with Crippen molar-refractivity contribution >= 4 is 23.5 Å². The second-order valence-electron chi connectivity index (χ2n) is 4.94. The molecule has 1 aliphatic carbocycles. The van der Waals surface area contributed by atoms with Gasteiger partial charge in [0.2, 0.25) is 0 Å². The molecule has 0 atom stereocenters. The molecule has 1 heterocycles. The zero-order valence-corrected chi connectivity index (χ0v) is 12.4. The molecular weight excluding hydrogens is 299 g/mol. The van der Waals surface area contributed by atoms with E-state index in [0.29, 0.717) is 0 Å². The molecule has 1 amide bonds. The lowest BCUT2D eigenvalue weighted by Gasteiger charge is -2.28. The summed E-state index contributed by atoms with van der Waals surface area (Å²) in [7, 11) is 1.26. The Bertz CT molecular complexity index is 547. The van der Waals surface area contributed by atoms with Crippen molar-refractivity contribution in [3.05, 3.63) is 28.8 Å². The number of rotatable bonds is 4. The summed E-state index contributed by atoms with van der Waals surface area (Å²) in [4.78, 5) is 29.1. The summed E-state index contributed by atoms with van der Waals surface area (Å²) < 4.78 is 17.9. The van der Waals surface area contributed by atoms with E-state index >= 15 is 0 Å². The van der Waals surface area contributed by atoms with Crippen molar-refractivity contribution < 1.29 is 18.7 Å². The van der Waals surface area contributed by atoms with E-state index in [1.165, 1.54) is 12.0 Å². The quantitative estimate of drug-likeness (QED) is 0.632. The molecule has 21 heavy (non-hydrogen) atoms. The normalized spacial score (nSPS) is 15.0. The van der Waals surface area contributed by atoms with Crippen LogP contribution in [0.2, 0.25) is 5.15 Å². The van der Waals surface area contributed by atoms with Gasteiger partial charge in [-0.2, -0.15) is 0 Å². The molecule has 0 N–H and O–H groups in total. The predicted molar refractivity (Wildman–Crippen MR) is 74.5 cm³/mol. The van der Waals surface area contributed by atoms with Crippen molar-refractivity contribution in [2.45, 2.75) is 31.7 Å². The second kappa shape index (κ2) is 6.85. The lowest BCUT2D eigenvalue weighted by atomic mass is 10.1. The van der Waals surface area contributed by atoms with Gasteiger partial charge in [0.05, 0.1) is 18.9 Å². The number of carbonyl (C=O) groups excluding carboxylic acids is 2. The molecule has 1 aromatic heterocycles. The molecule has 2 rings (SSSR count). The first-order valence-corrected chi connectivity index (χ1v) is 7.09. The zero-order chi connectivity index (χ0) is 15.4. The van der Waals surface area contributed by atoms with Gasteiger partial charge in [-0.25, -0.2) is 9.37 Å². The molecule has 0 radical (unpaired) electrons. The van der Waals surface area contributed by atoms with Crippen molar-refractivity contribution in [2.75, 3.05) is 13.7 Å². The highest BCUT2D eigenvalue weighted by molar-refractivity contribution is 6.32. The maximum Gasteiger partial charge on any atom is 0.325 e. The Morgan fingerprint density at radius 1 is 1.48 bits per heavy atom. The minimum absolute atomic E-state index is 0.0348. The van der Waals surface area contributed by atoms with Crippen LogP contribution in [0, 0.1) is 5.82 Å². The zero-order valence-electron chi connectivity index (χ0n) is 11.6. The Labute approximate surface area is 127 Å². The molecular formula is C14H16ClFN2O3. The summed E-state index contributed by atoms with van der Waals surface area (Å²) in [5.41, 5.74) is -0.0348. The molecule has 1 aliphatic rings. The number of hydrogen-bond acceptors (Lipinski definition) is 4. The fraction of sp³-hybridized carbons (Fsp3) is 0.500. The van der Waals surface area contributed by atoms with E-state index in [0.717, 1.165) is 37.9 Å². The topological polar surface area (TPSA) is 59.5 Å². The van der Waals surface area contributed by atoms with Gasteiger partial charge < -0.3 is 9.64 Å². The Hall–Kier alpha value is -1.69. The number of nitrogens with zero attached hydrogens (tertiary/aromatic N) is 2. The van der Waals surface area contributed by atoms with Crippen LogP contribution in [-0.2, 0) is 9.53 Å². The van der Waals surface area contributed by atoms with E-state index in [2.05, 4.69) is 9.72 Å². The minimum atomic E-state index is -0.646. The van der Waals surface area contributed by atoms with Crippen molar-refractivity contribution in [1.82, 2.24) is 9.88 Å². The lowest BCUT2D eigenvalue weighted by Crippen LogP contribution is -2.42. The summed E-state index contributed by atoms with van der Waals surface area (Å²) >= 11 is 5.87. The largest absolute Gasteiger partial charge is 0.468 e. The number of esters is 1. The fourth-order valence-electron chi connectivity index (χ4n) is 2.51. The van der Waals surface area contributed by atoms with E-state index in [9.17, 15) is 14.0 Å². The molecule has 0 aromatic carbocycles. The molecule has 1 fully saturated rings. The number of pyridine rings is 1. The maximum atomic E-state index is 13.3. The van der Waals surface area contributed by atoms with Crippen molar-refractivity contribution in [3.63, 3.8) is 0 Å². The molecule has 5 nitrogen and oxygen atoms in total. The van der Waals surface area contributed by atoms with Crippen LogP contribution in [0.5, 0.6) is 0 Å². The molecule has 1 saturated carbocycles. The molecule has 0 bridgehead atoms. The van der Waals surface area contributed by atoms with Crippen LogP contribution in [0.15, 0.2) is 12.3 Å². The van der Waals surface area contributed by atoms with Gasteiger partial charge in [0.15, 0.2) is 0 Å². The van der Waals surface area contributed by atoms with Gasteiger partial charge in [0.1, 0.15) is 17.5 Å². The predicted octanol–water partition coefficient (Wildman–Crippen LogP) is 2.43. The van der Waals surface area contributed by atoms with Crippen LogP contribution in [0.3, 0.4) is 0 Å². The number of halogens is 2. The van der Waals surface area contributed by atoms with Crippen molar-refractivity contribution in [2.24, 2.45) is 0 Å². The van der Waals surface area contributed by atoms with Crippen LogP contribution in [-0.4, -0.2) is 41.5 Å².